The Kier molecular flexibility index (Phi) is 3.00. The van der Waals surface area contributed by atoms with Gasteiger partial charge in [0.05, 0.1) is 13.5 Å². The Bertz CT molecular complexity index is 175. The summed E-state index contributed by atoms with van der Waals surface area (Å²) >= 11 is 0. The molecule has 3 N–H and O–H groups in total. The molecular weight excluding hydrogens is 150 g/mol. The molecule has 0 amide bonds. The van der Waals surface area contributed by atoms with E-state index in [0.717, 1.165) is 0 Å². The molecule has 0 aliphatic rings. The summed E-state index contributed by atoms with van der Waals surface area (Å²) in [4.78, 5) is 20.9. The fraction of sp³-hybridized carbons (Fsp3) is 0.667. The van der Waals surface area contributed by atoms with Crippen LogP contribution >= 0.6 is 0 Å². The number of aliphatic carboxylic acids is 1. The van der Waals surface area contributed by atoms with Crippen molar-refractivity contribution in [3.05, 3.63) is 0 Å². The number of carbonyl (C=O) groups is 2. The Balaban J connectivity index is 4.12. The minimum atomic E-state index is -1.53. The molecule has 11 heavy (non-hydrogen) atoms. The largest absolute Gasteiger partial charge is 0.480 e. The third-order valence-electron chi connectivity index (χ3n) is 1.23. The van der Waals surface area contributed by atoms with Crippen molar-refractivity contribution in [1.82, 2.24) is 0 Å². The fourth-order valence-electron chi connectivity index (χ4n) is 0.448. The maximum Gasteiger partial charge on any atom is 0.323 e. The quantitative estimate of drug-likeness (QED) is 0.537. The van der Waals surface area contributed by atoms with Gasteiger partial charge in [-0.2, -0.15) is 0 Å². The van der Waals surface area contributed by atoms with E-state index in [9.17, 15) is 9.59 Å². The van der Waals surface area contributed by atoms with Gasteiger partial charge in [-0.1, -0.05) is 0 Å². The van der Waals surface area contributed by atoms with E-state index >= 15 is 0 Å². The number of methoxy groups -OCH3 is 1. The van der Waals surface area contributed by atoms with Crippen LogP contribution in [0.25, 0.3) is 0 Å². The van der Waals surface area contributed by atoms with Crippen molar-refractivity contribution in [2.75, 3.05) is 7.11 Å². The van der Waals surface area contributed by atoms with Crippen LogP contribution in [0.3, 0.4) is 0 Å². The van der Waals surface area contributed by atoms with Crippen LogP contribution in [0, 0.1) is 0 Å². The Labute approximate surface area is 64.1 Å². The number of rotatable bonds is 3. The first kappa shape index (κ1) is 9.90. The number of nitrogens with two attached hydrogens (primary N) is 1. The third-order valence-corrected chi connectivity index (χ3v) is 1.23. The molecule has 5 nitrogen and oxygen atoms in total. The van der Waals surface area contributed by atoms with E-state index in [4.69, 9.17) is 10.8 Å². The molecule has 0 spiro atoms. The predicted octanol–water partition coefficient (Wildman–Crippen LogP) is -0.648. The molecule has 0 bridgehead atoms. The van der Waals surface area contributed by atoms with Crippen LogP contribution in [0.5, 0.6) is 0 Å². The topological polar surface area (TPSA) is 89.6 Å². The monoisotopic (exact) mass is 161 g/mol. The molecule has 0 fully saturated rings. The molecule has 1 atom stereocenters. The fourth-order valence-corrected chi connectivity index (χ4v) is 0.448. The molecule has 64 valence electrons. The van der Waals surface area contributed by atoms with Crippen molar-refractivity contribution < 1.29 is 19.4 Å². The maximum atomic E-state index is 10.6. The lowest BCUT2D eigenvalue weighted by Crippen LogP contribution is -2.46. The summed E-state index contributed by atoms with van der Waals surface area (Å²) in [5.74, 6) is -1.85. The third kappa shape index (κ3) is 2.99. The number of carboxylic acid groups (broad SMARTS) is 1. The Morgan fingerprint density at radius 3 is 2.36 bits per heavy atom. The zero-order chi connectivity index (χ0) is 9.07. The highest BCUT2D eigenvalue weighted by Gasteiger charge is 2.31. The van der Waals surface area contributed by atoms with Gasteiger partial charge in [0.2, 0.25) is 0 Å². The molecule has 0 radical (unpaired) electrons. The zero-order valence-electron chi connectivity index (χ0n) is 6.46. The van der Waals surface area contributed by atoms with E-state index in [2.05, 4.69) is 4.74 Å². The summed E-state index contributed by atoms with van der Waals surface area (Å²) < 4.78 is 4.25. The number of hydrogen-bond donors (Lipinski definition) is 2. The van der Waals surface area contributed by atoms with Gasteiger partial charge >= 0.3 is 11.9 Å². The number of carbonyl (C=O) groups excluding carboxylic acids is 1. The normalized spacial score (nSPS) is 15.2. The number of esters is 1. The number of carboxylic acids is 1. The summed E-state index contributed by atoms with van der Waals surface area (Å²) in [7, 11) is 1.18. The van der Waals surface area contributed by atoms with Crippen LogP contribution in [0.1, 0.15) is 13.3 Å². The molecule has 5 heteroatoms. The Morgan fingerprint density at radius 2 is 2.09 bits per heavy atom. The molecule has 0 unspecified atom stereocenters. The lowest BCUT2D eigenvalue weighted by molar-refractivity contribution is -0.150. The number of hydrogen-bond acceptors (Lipinski definition) is 4. The van der Waals surface area contributed by atoms with Crippen LogP contribution in [0.2, 0.25) is 0 Å². The highest BCUT2D eigenvalue weighted by Crippen LogP contribution is 2.05. The Morgan fingerprint density at radius 1 is 1.64 bits per heavy atom. The molecule has 0 aromatic carbocycles. The number of ether oxygens (including phenoxy) is 1. The van der Waals surface area contributed by atoms with Gasteiger partial charge in [-0.05, 0) is 6.92 Å². The average Bonchev–Trinajstić information content (AvgIpc) is 1.86. The summed E-state index contributed by atoms with van der Waals surface area (Å²) in [6.07, 6.45) is -0.321. The minimum Gasteiger partial charge on any atom is -0.480 e. The maximum absolute atomic E-state index is 10.6. The SMILES string of the molecule is COC(=O)C[C@](C)(N)C(=O)O. The summed E-state index contributed by atoms with van der Waals surface area (Å²) in [6, 6.07) is 0. The van der Waals surface area contributed by atoms with Crippen molar-refractivity contribution in [3.8, 4) is 0 Å². The van der Waals surface area contributed by atoms with Crippen molar-refractivity contribution in [2.24, 2.45) is 5.73 Å². The van der Waals surface area contributed by atoms with Crippen molar-refractivity contribution in [3.63, 3.8) is 0 Å². The van der Waals surface area contributed by atoms with Gasteiger partial charge in [-0.3, -0.25) is 9.59 Å². The van der Waals surface area contributed by atoms with Crippen LogP contribution in [0.4, 0.5) is 0 Å². The van der Waals surface area contributed by atoms with Gasteiger partial charge in [-0.25, -0.2) is 0 Å². The molecule has 0 saturated heterocycles. The van der Waals surface area contributed by atoms with Crippen LogP contribution in [-0.4, -0.2) is 29.7 Å². The molecule has 0 heterocycles. The lowest BCUT2D eigenvalue weighted by atomic mass is 10.0. The summed E-state index contributed by atoms with van der Waals surface area (Å²) in [5, 5.41) is 8.45. The van der Waals surface area contributed by atoms with E-state index in [0.29, 0.717) is 0 Å². The van der Waals surface area contributed by atoms with Crippen molar-refractivity contribution in [2.45, 2.75) is 18.9 Å². The smallest absolute Gasteiger partial charge is 0.323 e. The van der Waals surface area contributed by atoms with Crippen molar-refractivity contribution >= 4 is 11.9 Å². The van der Waals surface area contributed by atoms with Gasteiger partial charge in [0, 0.05) is 0 Å². The second kappa shape index (κ2) is 3.34. The minimum absolute atomic E-state index is 0.321. The highest BCUT2D eigenvalue weighted by molar-refractivity contribution is 5.84. The molecule has 0 rings (SSSR count). The van der Waals surface area contributed by atoms with Gasteiger partial charge < -0.3 is 15.6 Å². The molecule has 0 aliphatic carbocycles. The molecule has 0 saturated carbocycles. The first-order valence-electron chi connectivity index (χ1n) is 2.99. The van der Waals surface area contributed by atoms with Gasteiger partial charge in [0.25, 0.3) is 0 Å². The zero-order valence-corrected chi connectivity index (χ0v) is 6.46. The van der Waals surface area contributed by atoms with E-state index in [-0.39, 0.29) is 6.42 Å². The van der Waals surface area contributed by atoms with E-state index in [1.807, 2.05) is 0 Å². The van der Waals surface area contributed by atoms with Gasteiger partial charge in [-0.15, -0.1) is 0 Å². The summed E-state index contributed by atoms with van der Waals surface area (Å²) in [6.45, 7) is 1.26. The average molecular weight is 161 g/mol. The first-order chi connectivity index (χ1) is 4.90. The molecule has 0 aromatic heterocycles. The summed E-state index contributed by atoms with van der Waals surface area (Å²) in [5.41, 5.74) is 3.70. The standard InChI is InChI=1S/C6H11NO4/c1-6(7,5(9)10)3-4(8)11-2/h3,7H2,1-2H3,(H,9,10)/t6-/m0/s1. The van der Waals surface area contributed by atoms with Crippen LogP contribution in [-0.2, 0) is 14.3 Å². The Hall–Kier alpha value is -1.10. The van der Waals surface area contributed by atoms with Gasteiger partial charge in [0.15, 0.2) is 0 Å². The lowest BCUT2D eigenvalue weighted by Gasteiger charge is -2.16. The first-order valence-corrected chi connectivity index (χ1v) is 2.99. The molecular formula is C6H11NO4. The second-order valence-electron chi connectivity index (χ2n) is 2.48. The highest BCUT2D eigenvalue weighted by atomic mass is 16.5. The van der Waals surface area contributed by atoms with E-state index in [1.54, 1.807) is 0 Å². The van der Waals surface area contributed by atoms with E-state index in [1.165, 1.54) is 14.0 Å². The van der Waals surface area contributed by atoms with E-state index < -0.39 is 17.5 Å². The van der Waals surface area contributed by atoms with Crippen LogP contribution < -0.4 is 5.73 Å². The molecule has 0 aliphatic heterocycles. The predicted molar refractivity (Wildman–Crippen MR) is 36.9 cm³/mol. The second-order valence-corrected chi connectivity index (χ2v) is 2.48. The van der Waals surface area contributed by atoms with Crippen molar-refractivity contribution in [1.29, 1.82) is 0 Å². The molecule has 0 aromatic rings. The van der Waals surface area contributed by atoms with Crippen LogP contribution in [0.15, 0.2) is 0 Å². The van der Waals surface area contributed by atoms with Gasteiger partial charge in [0.1, 0.15) is 5.54 Å².